The van der Waals surface area contributed by atoms with Gasteiger partial charge in [0.1, 0.15) is 31.6 Å². The monoisotopic (exact) mass is 390 g/mol. The van der Waals surface area contributed by atoms with E-state index in [0.717, 1.165) is 16.9 Å². The largest absolute Gasteiger partial charge is 0.490 e. The van der Waals surface area contributed by atoms with Crippen LogP contribution in [0.3, 0.4) is 0 Å². The van der Waals surface area contributed by atoms with E-state index in [2.05, 4.69) is 15.3 Å². The quantitative estimate of drug-likeness (QED) is 0.447. The molecule has 2 aromatic carbocycles. The molecule has 134 valence electrons. The summed E-state index contributed by atoms with van der Waals surface area (Å²) in [4.78, 5) is 0. The van der Waals surface area contributed by atoms with Crippen LogP contribution in [0.15, 0.2) is 54.2 Å². The van der Waals surface area contributed by atoms with Gasteiger partial charge in [-0.2, -0.15) is 5.10 Å². The average Bonchev–Trinajstić information content (AvgIpc) is 3.13. The maximum Gasteiger partial charge on any atom is 0.156 e. The molecule has 0 saturated heterocycles. The zero-order valence-electron chi connectivity index (χ0n) is 14.0. The van der Waals surface area contributed by atoms with Crippen LogP contribution in [0.4, 0.5) is 0 Å². The standard InChI is InChI=1S/C18H16Cl2N4O2/c1-13-4-2-3-5-17(13)25-6-7-26-18-15(19)8-14(9-16(18)20)10-23-24-11-21-22-12-24/h2-5,8-12H,6-7H2,1H3/b23-10-. The number of benzene rings is 2. The van der Waals surface area contributed by atoms with Crippen molar-refractivity contribution in [3.05, 3.63) is 70.2 Å². The highest BCUT2D eigenvalue weighted by Crippen LogP contribution is 2.33. The maximum absolute atomic E-state index is 6.27. The molecule has 0 aliphatic rings. The summed E-state index contributed by atoms with van der Waals surface area (Å²) in [5, 5.41) is 12.3. The second kappa shape index (κ2) is 8.69. The number of para-hydroxylation sites is 1. The fourth-order valence-electron chi connectivity index (χ4n) is 2.19. The van der Waals surface area contributed by atoms with Gasteiger partial charge in [-0.15, -0.1) is 10.2 Å². The van der Waals surface area contributed by atoms with Gasteiger partial charge in [0, 0.05) is 0 Å². The molecule has 0 aliphatic carbocycles. The first-order valence-electron chi connectivity index (χ1n) is 7.83. The van der Waals surface area contributed by atoms with E-state index in [1.165, 1.54) is 17.3 Å². The van der Waals surface area contributed by atoms with Crippen LogP contribution in [0.1, 0.15) is 11.1 Å². The maximum atomic E-state index is 6.27. The van der Waals surface area contributed by atoms with Crippen LogP contribution in [-0.2, 0) is 0 Å². The van der Waals surface area contributed by atoms with Crippen LogP contribution in [0.2, 0.25) is 10.0 Å². The van der Waals surface area contributed by atoms with Crippen molar-refractivity contribution >= 4 is 29.4 Å². The Morgan fingerprint density at radius 3 is 2.38 bits per heavy atom. The highest BCUT2D eigenvalue weighted by atomic mass is 35.5. The molecule has 8 heteroatoms. The molecule has 0 aliphatic heterocycles. The summed E-state index contributed by atoms with van der Waals surface area (Å²) in [5.41, 5.74) is 1.80. The molecule has 0 unspecified atom stereocenters. The molecule has 3 rings (SSSR count). The molecular weight excluding hydrogens is 375 g/mol. The predicted molar refractivity (Wildman–Crippen MR) is 102 cm³/mol. The first-order chi connectivity index (χ1) is 12.6. The molecule has 0 amide bonds. The molecular formula is C18H16Cl2N4O2. The summed E-state index contributed by atoms with van der Waals surface area (Å²) in [6.07, 6.45) is 4.56. The van der Waals surface area contributed by atoms with E-state index in [1.54, 1.807) is 18.3 Å². The molecule has 1 heterocycles. The van der Waals surface area contributed by atoms with Gasteiger partial charge in [0.15, 0.2) is 5.75 Å². The van der Waals surface area contributed by atoms with Crippen molar-refractivity contribution < 1.29 is 9.47 Å². The summed E-state index contributed by atoms with van der Waals surface area (Å²) < 4.78 is 12.8. The third-order valence-electron chi connectivity index (χ3n) is 3.45. The molecule has 0 saturated carbocycles. The average molecular weight is 391 g/mol. The smallest absolute Gasteiger partial charge is 0.156 e. The predicted octanol–water partition coefficient (Wildman–Crippen LogP) is 4.23. The molecule has 0 bridgehead atoms. The van der Waals surface area contributed by atoms with Crippen molar-refractivity contribution in [1.29, 1.82) is 0 Å². The summed E-state index contributed by atoms with van der Waals surface area (Å²) in [7, 11) is 0. The number of halogens is 2. The van der Waals surface area contributed by atoms with Gasteiger partial charge in [-0.25, -0.2) is 4.68 Å². The lowest BCUT2D eigenvalue weighted by atomic mass is 10.2. The third kappa shape index (κ3) is 4.74. The number of aromatic nitrogens is 3. The third-order valence-corrected chi connectivity index (χ3v) is 4.01. The molecule has 0 atom stereocenters. The Balaban J connectivity index is 1.59. The normalized spacial score (nSPS) is 11.0. The minimum absolute atomic E-state index is 0.321. The minimum Gasteiger partial charge on any atom is -0.490 e. The number of hydrogen-bond donors (Lipinski definition) is 0. The first kappa shape index (κ1) is 18.2. The Kier molecular flexibility index (Phi) is 6.09. The van der Waals surface area contributed by atoms with Crippen molar-refractivity contribution in [3.63, 3.8) is 0 Å². The fraction of sp³-hybridized carbons (Fsp3) is 0.167. The Labute approximate surface area is 161 Å². The van der Waals surface area contributed by atoms with Crippen LogP contribution >= 0.6 is 23.2 Å². The lowest BCUT2D eigenvalue weighted by Crippen LogP contribution is -2.10. The lowest BCUT2D eigenvalue weighted by molar-refractivity contribution is 0.216. The van der Waals surface area contributed by atoms with Gasteiger partial charge < -0.3 is 9.47 Å². The fourth-order valence-corrected chi connectivity index (χ4v) is 2.81. The van der Waals surface area contributed by atoms with Crippen molar-refractivity contribution in [2.45, 2.75) is 6.92 Å². The van der Waals surface area contributed by atoms with Gasteiger partial charge in [-0.05, 0) is 36.2 Å². The van der Waals surface area contributed by atoms with Gasteiger partial charge in [-0.1, -0.05) is 41.4 Å². The van der Waals surface area contributed by atoms with Crippen molar-refractivity contribution in [3.8, 4) is 11.5 Å². The molecule has 0 spiro atoms. The Hall–Kier alpha value is -2.57. The van der Waals surface area contributed by atoms with Gasteiger partial charge in [0.2, 0.25) is 0 Å². The summed E-state index contributed by atoms with van der Waals surface area (Å²) >= 11 is 12.5. The number of nitrogens with zero attached hydrogens (tertiary/aromatic N) is 4. The zero-order valence-corrected chi connectivity index (χ0v) is 15.5. The second-order valence-corrected chi connectivity index (χ2v) is 6.18. The van der Waals surface area contributed by atoms with E-state index in [-0.39, 0.29) is 0 Å². The number of hydrogen-bond acceptors (Lipinski definition) is 5. The Morgan fingerprint density at radius 1 is 1.04 bits per heavy atom. The SMILES string of the molecule is Cc1ccccc1OCCOc1c(Cl)cc(/C=N\n2cnnc2)cc1Cl. The molecule has 0 N–H and O–H groups in total. The van der Waals surface area contributed by atoms with E-state index in [1.807, 2.05) is 31.2 Å². The van der Waals surface area contributed by atoms with Crippen LogP contribution in [-0.4, -0.2) is 34.3 Å². The highest BCUT2D eigenvalue weighted by Gasteiger charge is 2.09. The molecule has 6 nitrogen and oxygen atoms in total. The van der Waals surface area contributed by atoms with Crippen LogP contribution < -0.4 is 9.47 Å². The first-order valence-corrected chi connectivity index (χ1v) is 8.58. The number of ether oxygens (including phenoxy) is 2. The molecule has 0 radical (unpaired) electrons. The van der Waals surface area contributed by atoms with Crippen molar-refractivity contribution in [2.24, 2.45) is 5.10 Å². The molecule has 26 heavy (non-hydrogen) atoms. The Bertz CT molecular complexity index is 875. The second-order valence-electron chi connectivity index (χ2n) is 5.36. The van der Waals surface area contributed by atoms with E-state index >= 15 is 0 Å². The van der Waals surface area contributed by atoms with Crippen molar-refractivity contribution in [1.82, 2.24) is 14.9 Å². The van der Waals surface area contributed by atoms with Crippen LogP contribution in [0.25, 0.3) is 0 Å². The van der Waals surface area contributed by atoms with Gasteiger partial charge in [0.25, 0.3) is 0 Å². The van der Waals surface area contributed by atoms with Gasteiger partial charge >= 0.3 is 0 Å². The molecule has 1 aromatic heterocycles. The lowest BCUT2D eigenvalue weighted by Gasteiger charge is -2.12. The summed E-state index contributed by atoms with van der Waals surface area (Å²) in [5.74, 6) is 1.25. The topological polar surface area (TPSA) is 61.5 Å². The zero-order chi connectivity index (χ0) is 18.4. The van der Waals surface area contributed by atoms with E-state index in [9.17, 15) is 0 Å². The van der Waals surface area contributed by atoms with E-state index in [4.69, 9.17) is 32.7 Å². The van der Waals surface area contributed by atoms with Gasteiger partial charge in [-0.3, -0.25) is 0 Å². The molecule has 3 aromatic rings. The highest BCUT2D eigenvalue weighted by molar-refractivity contribution is 6.37. The summed E-state index contributed by atoms with van der Waals surface area (Å²) in [6.45, 7) is 2.69. The van der Waals surface area contributed by atoms with E-state index in [0.29, 0.717) is 29.0 Å². The molecule has 0 fully saturated rings. The minimum atomic E-state index is 0.321. The van der Waals surface area contributed by atoms with E-state index < -0.39 is 0 Å². The number of rotatable bonds is 7. The van der Waals surface area contributed by atoms with Crippen LogP contribution in [0, 0.1) is 6.92 Å². The summed E-state index contributed by atoms with van der Waals surface area (Å²) in [6, 6.07) is 11.2. The Morgan fingerprint density at radius 2 is 1.69 bits per heavy atom. The number of aryl methyl sites for hydroxylation is 1. The van der Waals surface area contributed by atoms with Crippen molar-refractivity contribution in [2.75, 3.05) is 13.2 Å². The van der Waals surface area contributed by atoms with Crippen LogP contribution in [0.5, 0.6) is 11.5 Å². The van der Waals surface area contributed by atoms with Gasteiger partial charge in [0.05, 0.1) is 16.3 Å².